The van der Waals surface area contributed by atoms with Crippen LogP contribution in [0.2, 0.25) is 0 Å². The average Bonchev–Trinajstić information content (AvgIpc) is 2.47. The zero-order chi connectivity index (χ0) is 13.9. The Labute approximate surface area is 113 Å². The molecule has 0 aliphatic heterocycles. The highest BCUT2D eigenvalue weighted by atomic mass is 32.2. The molecule has 1 atom stereocenters. The molecule has 1 heterocycles. The number of pyridine rings is 1. The summed E-state index contributed by atoms with van der Waals surface area (Å²) >= 11 is 0. The van der Waals surface area contributed by atoms with Crippen LogP contribution < -0.4 is 0 Å². The van der Waals surface area contributed by atoms with Crippen molar-refractivity contribution in [1.29, 1.82) is 0 Å². The zero-order valence-electron chi connectivity index (χ0n) is 10.9. The largest absolute Gasteiger partial charge is 0.263 e. The van der Waals surface area contributed by atoms with Gasteiger partial charge in [0.15, 0.2) is 0 Å². The predicted octanol–water partition coefficient (Wildman–Crippen LogP) is 2.46. The topological polar surface area (TPSA) is 50.3 Å². The van der Waals surface area contributed by atoms with Crippen LogP contribution in [0.4, 0.5) is 0 Å². The third-order valence-corrected chi connectivity index (χ3v) is 5.05. The summed E-state index contributed by atoms with van der Waals surface area (Å²) in [6, 6.07) is 12.5. The van der Waals surface area contributed by atoms with Crippen molar-refractivity contribution in [2.45, 2.75) is 17.9 Å². The summed E-state index contributed by atoms with van der Waals surface area (Å²) < 4.78 is 26.2. The van der Waals surface area contributed by atoms with Crippen LogP contribution in [0.1, 0.15) is 18.5 Å². The maximum absolute atomic E-state index is 12.4. The molecule has 0 bridgehead atoms. The number of hydrogen-bond donors (Lipinski definition) is 0. The van der Waals surface area contributed by atoms with E-state index in [0.29, 0.717) is 0 Å². The number of hydrogen-bond acceptors (Lipinski definition) is 3. The van der Waals surface area contributed by atoms with Gasteiger partial charge in [-0.05, 0) is 24.6 Å². The van der Waals surface area contributed by atoms with Gasteiger partial charge in [0, 0.05) is 25.5 Å². The summed E-state index contributed by atoms with van der Waals surface area (Å²) in [7, 11) is -1.93. The Bertz CT molecular complexity index is 627. The van der Waals surface area contributed by atoms with E-state index in [-0.39, 0.29) is 10.9 Å². The van der Waals surface area contributed by atoms with Gasteiger partial charge in [-0.1, -0.05) is 30.3 Å². The monoisotopic (exact) mass is 276 g/mol. The van der Waals surface area contributed by atoms with Crippen molar-refractivity contribution in [3.8, 4) is 0 Å². The number of sulfonamides is 1. The van der Waals surface area contributed by atoms with Crippen molar-refractivity contribution in [3.05, 3.63) is 60.4 Å². The van der Waals surface area contributed by atoms with Crippen LogP contribution >= 0.6 is 0 Å². The molecule has 0 N–H and O–H groups in total. The Morgan fingerprint density at radius 2 is 1.79 bits per heavy atom. The predicted molar refractivity (Wildman–Crippen MR) is 74.0 cm³/mol. The maximum Gasteiger partial charge on any atom is 0.244 e. The van der Waals surface area contributed by atoms with Gasteiger partial charge in [0.1, 0.15) is 4.90 Å². The van der Waals surface area contributed by atoms with Gasteiger partial charge in [0.25, 0.3) is 0 Å². The van der Waals surface area contributed by atoms with Crippen LogP contribution in [-0.4, -0.2) is 24.8 Å². The molecule has 0 aliphatic rings. The first-order valence-corrected chi connectivity index (χ1v) is 7.40. The molecular weight excluding hydrogens is 260 g/mol. The van der Waals surface area contributed by atoms with Crippen LogP contribution in [0.25, 0.3) is 0 Å². The third kappa shape index (κ3) is 2.83. The molecule has 0 saturated carbocycles. The van der Waals surface area contributed by atoms with Crippen LogP contribution in [0.15, 0.2) is 59.8 Å². The van der Waals surface area contributed by atoms with E-state index in [1.807, 2.05) is 37.3 Å². The molecule has 5 heteroatoms. The van der Waals surface area contributed by atoms with Gasteiger partial charge in [0.05, 0.1) is 0 Å². The first kappa shape index (κ1) is 13.7. The Balaban J connectivity index is 2.32. The van der Waals surface area contributed by atoms with E-state index in [0.717, 1.165) is 5.56 Å². The van der Waals surface area contributed by atoms with E-state index in [1.165, 1.54) is 10.5 Å². The Morgan fingerprint density at radius 3 is 2.37 bits per heavy atom. The second kappa shape index (κ2) is 5.50. The second-order valence-electron chi connectivity index (χ2n) is 4.30. The van der Waals surface area contributed by atoms with E-state index in [2.05, 4.69) is 4.98 Å². The van der Waals surface area contributed by atoms with E-state index in [4.69, 9.17) is 0 Å². The minimum absolute atomic E-state index is 0.209. The number of benzene rings is 1. The molecule has 4 nitrogen and oxygen atoms in total. The molecular formula is C14H16N2O2S. The molecule has 0 radical (unpaired) electrons. The van der Waals surface area contributed by atoms with Crippen molar-refractivity contribution in [3.63, 3.8) is 0 Å². The smallest absolute Gasteiger partial charge is 0.244 e. The normalized spacial score (nSPS) is 13.4. The van der Waals surface area contributed by atoms with Crippen molar-refractivity contribution in [2.75, 3.05) is 7.05 Å². The van der Waals surface area contributed by atoms with E-state index in [1.54, 1.807) is 25.4 Å². The Hall–Kier alpha value is -1.72. The van der Waals surface area contributed by atoms with E-state index < -0.39 is 10.0 Å². The lowest BCUT2D eigenvalue weighted by atomic mass is 10.1. The second-order valence-corrected chi connectivity index (χ2v) is 6.29. The summed E-state index contributed by atoms with van der Waals surface area (Å²) in [5.74, 6) is 0. The van der Waals surface area contributed by atoms with E-state index >= 15 is 0 Å². The summed E-state index contributed by atoms with van der Waals surface area (Å²) in [6.45, 7) is 1.86. The molecule has 0 aliphatic carbocycles. The molecule has 19 heavy (non-hydrogen) atoms. The number of aromatic nitrogens is 1. The van der Waals surface area contributed by atoms with Gasteiger partial charge >= 0.3 is 0 Å². The molecule has 1 aromatic heterocycles. The summed E-state index contributed by atoms with van der Waals surface area (Å²) in [6.07, 6.45) is 2.92. The van der Waals surface area contributed by atoms with Crippen molar-refractivity contribution in [2.24, 2.45) is 0 Å². The fourth-order valence-electron chi connectivity index (χ4n) is 1.82. The van der Waals surface area contributed by atoms with Crippen molar-refractivity contribution >= 4 is 10.0 Å². The van der Waals surface area contributed by atoms with Gasteiger partial charge in [0.2, 0.25) is 10.0 Å². The first-order chi connectivity index (χ1) is 9.03. The quantitative estimate of drug-likeness (QED) is 0.862. The van der Waals surface area contributed by atoms with E-state index in [9.17, 15) is 8.42 Å². The molecule has 100 valence electrons. The fraction of sp³-hybridized carbons (Fsp3) is 0.214. The highest BCUT2D eigenvalue weighted by Crippen LogP contribution is 2.24. The highest BCUT2D eigenvalue weighted by Gasteiger charge is 2.26. The van der Waals surface area contributed by atoms with Crippen molar-refractivity contribution in [1.82, 2.24) is 9.29 Å². The maximum atomic E-state index is 12.4. The van der Waals surface area contributed by atoms with Crippen LogP contribution in [0.5, 0.6) is 0 Å². The van der Waals surface area contributed by atoms with Gasteiger partial charge in [-0.3, -0.25) is 4.98 Å². The van der Waals surface area contributed by atoms with Crippen LogP contribution in [0.3, 0.4) is 0 Å². The molecule has 0 unspecified atom stereocenters. The average molecular weight is 276 g/mol. The molecule has 0 fully saturated rings. The number of rotatable bonds is 4. The molecule has 0 saturated heterocycles. The lowest BCUT2D eigenvalue weighted by Crippen LogP contribution is -2.29. The molecule has 1 aromatic carbocycles. The van der Waals surface area contributed by atoms with Crippen LogP contribution in [0, 0.1) is 0 Å². The minimum atomic E-state index is -3.52. The van der Waals surface area contributed by atoms with Gasteiger partial charge in [-0.2, -0.15) is 4.31 Å². The zero-order valence-corrected chi connectivity index (χ0v) is 11.7. The standard InChI is InChI=1S/C14H16N2O2S/c1-12(13-7-4-3-5-8-13)16(2)19(17,18)14-9-6-10-15-11-14/h3-12H,1-2H3/t12-/m1/s1. The summed E-state index contributed by atoms with van der Waals surface area (Å²) in [5.41, 5.74) is 0.956. The van der Waals surface area contributed by atoms with Crippen LogP contribution in [-0.2, 0) is 10.0 Å². The Kier molecular flexibility index (Phi) is 3.97. The number of nitrogens with zero attached hydrogens (tertiary/aromatic N) is 2. The third-order valence-electron chi connectivity index (χ3n) is 3.14. The van der Waals surface area contributed by atoms with Gasteiger partial charge < -0.3 is 0 Å². The molecule has 0 spiro atoms. The van der Waals surface area contributed by atoms with Gasteiger partial charge in [-0.15, -0.1) is 0 Å². The first-order valence-electron chi connectivity index (χ1n) is 5.96. The SMILES string of the molecule is C[C@H](c1ccccc1)N(C)S(=O)(=O)c1cccnc1. The lowest BCUT2D eigenvalue weighted by Gasteiger charge is -2.24. The minimum Gasteiger partial charge on any atom is -0.263 e. The Morgan fingerprint density at radius 1 is 1.11 bits per heavy atom. The molecule has 2 rings (SSSR count). The summed E-state index contributed by atoms with van der Waals surface area (Å²) in [4.78, 5) is 4.07. The fourth-order valence-corrected chi connectivity index (χ4v) is 3.13. The molecule has 2 aromatic rings. The summed E-state index contributed by atoms with van der Waals surface area (Å²) in [5, 5.41) is 0. The highest BCUT2D eigenvalue weighted by molar-refractivity contribution is 7.89. The van der Waals surface area contributed by atoms with Crippen molar-refractivity contribution < 1.29 is 8.42 Å². The van der Waals surface area contributed by atoms with Gasteiger partial charge in [-0.25, -0.2) is 8.42 Å². The lowest BCUT2D eigenvalue weighted by molar-refractivity contribution is 0.398. The molecule has 0 amide bonds.